The molecule has 106 valence electrons. The quantitative estimate of drug-likeness (QED) is 0.883. The summed E-state index contributed by atoms with van der Waals surface area (Å²) in [4.78, 5) is 23.6. The Morgan fingerprint density at radius 1 is 1.30 bits per heavy atom. The molecule has 0 fully saturated rings. The summed E-state index contributed by atoms with van der Waals surface area (Å²) in [6.07, 6.45) is 3.53. The smallest absolute Gasteiger partial charge is 0.277 e. The highest BCUT2D eigenvalue weighted by atomic mass is 16.2. The van der Waals surface area contributed by atoms with E-state index in [2.05, 4.69) is 15.5 Å². The molecular weight excluding hydrogens is 258 g/mol. The lowest BCUT2D eigenvalue weighted by Crippen LogP contribution is -2.26. The molecule has 0 aliphatic carbocycles. The van der Waals surface area contributed by atoms with Crippen LogP contribution in [0.3, 0.4) is 0 Å². The van der Waals surface area contributed by atoms with Gasteiger partial charge >= 0.3 is 0 Å². The molecule has 0 radical (unpaired) electrons. The fraction of sp³-hybridized carbons (Fsp3) is 0.385. The van der Waals surface area contributed by atoms with Crippen molar-refractivity contribution in [2.24, 2.45) is 7.05 Å². The second-order valence-corrected chi connectivity index (χ2v) is 4.46. The predicted molar refractivity (Wildman–Crippen MR) is 74.6 cm³/mol. The summed E-state index contributed by atoms with van der Waals surface area (Å²) in [6, 6.07) is 4.46. The molecule has 0 bridgehead atoms. The predicted octanol–water partition coefficient (Wildman–Crippen LogP) is 1.03. The van der Waals surface area contributed by atoms with Crippen LogP contribution >= 0.6 is 0 Å². The van der Waals surface area contributed by atoms with Crippen LogP contribution in [0.4, 0.5) is 5.82 Å². The monoisotopic (exact) mass is 275 g/mol. The number of aryl methyl sites for hydroxylation is 2. The maximum Gasteiger partial charge on any atom is 0.277 e. The van der Waals surface area contributed by atoms with Crippen LogP contribution in [0.2, 0.25) is 0 Å². The molecule has 2 aromatic rings. The van der Waals surface area contributed by atoms with Crippen molar-refractivity contribution in [2.75, 3.05) is 5.32 Å². The highest BCUT2D eigenvalue weighted by Crippen LogP contribution is 2.03. The van der Waals surface area contributed by atoms with Gasteiger partial charge in [-0.05, 0) is 12.5 Å². The van der Waals surface area contributed by atoms with Crippen molar-refractivity contribution in [3.05, 3.63) is 40.4 Å². The van der Waals surface area contributed by atoms with Crippen molar-refractivity contribution in [3.63, 3.8) is 0 Å². The molecule has 1 N–H and O–H groups in total. The van der Waals surface area contributed by atoms with E-state index in [9.17, 15) is 9.59 Å². The Labute approximate surface area is 116 Å². The number of hydrogen-bond acceptors (Lipinski definition) is 4. The fourth-order valence-electron chi connectivity index (χ4n) is 1.70. The Balaban J connectivity index is 2.15. The summed E-state index contributed by atoms with van der Waals surface area (Å²) in [7, 11) is 1.76. The zero-order chi connectivity index (χ0) is 14.5. The van der Waals surface area contributed by atoms with Crippen molar-refractivity contribution < 1.29 is 4.79 Å². The molecule has 0 saturated heterocycles. The van der Waals surface area contributed by atoms with Crippen molar-refractivity contribution in [2.45, 2.75) is 26.3 Å². The normalized spacial score (nSPS) is 10.5. The Bertz CT molecular complexity index is 659. The van der Waals surface area contributed by atoms with Gasteiger partial charge in [0.15, 0.2) is 5.82 Å². The number of carbonyl (C=O) groups excluding carboxylic acids is 1. The van der Waals surface area contributed by atoms with E-state index in [1.165, 1.54) is 16.8 Å². The molecule has 7 nitrogen and oxygen atoms in total. The number of rotatable bonds is 5. The number of unbranched alkanes of at least 4 members (excludes halogenated alkanes) is 1. The molecule has 2 rings (SSSR count). The summed E-state index contributed by atoms with van der Waals surface area (Å²) < 4.78 is 2.90. The van der Waals surface area contributed by atoms with Crippen molar-refractivity contribution >= 4 is 11.7 Å². The summed E-state index contributed by atoms with van der Waals surface area (Å²) in [5.41, 5.74) is -0.000748. The first kappa shape index (κ1) is 14.0. The lowest BCUT2D eigenvalue weighted by atomic mass is 10.3. The van der Waals surface area contributed by atoms with E-state index in [0.29, 0.717) is 12.4 Å². The SMILES string of the molecule is CCCCn1nc(C(=O)Nc2ccn(C)n2)ccc1=O. The maximum absolute atomic E-state index is 12.0. The number of nitrogens with zero attached hydrogens (tertiary/aromatic N) is 4. The molecule has 2 heterocycles. The number of anilines is 1. The fourth-order valence-corrected chi connectivity index (χ4v) is 1.70. The van der Waals surface area contributed by atoms with Gasteiger partial charge in [0.05, 0.1) is 0 Å². The number of hydrogen-bond donors (Lipinski definition) is 1. The topological polar surface area (TPSA) is 81.8 Å². The lowest BCUT2D eigenvalue weighted by Gasteiger charge is -2.06. The molecule has 1 amide bonds. The zero-order valence-corrected chi connectivity index (χ0v) is 11.5. The van der Waals surface area contributed by atoms with Gasteiger partial charge < -0.3 is 5.32 Å². The van der Waals surface area contributed by atoms with Gasteiger partial charge in [0, 0.05) is 31.9 Å². The van der Waals surface area contributed by atoms with Crippen LogP contribution < -0.4 is 10.9 Å². The number of aromatic nitrogens is 4. The van der Waals surface area contributed by atoms with E-state index in [1.54, 1.807) is 24.0 Å². The van der Waals surface area contributed by atoms with Gasteiger partial charge in [0.25, 0.3) is 11.5 Å². The van der Waals surface area contributed by atoms with Crippen LogP contribution in [0.15, 0.2) is 29.2 Å². The van der Waals surface area contributed by atoms with E-state index in [1.807, 2.05) is 6.92 Å². The Morgan fingerprint density at radius 2 is 2.10 bits per heavy atom. The van der Waals surface area contributed by atoms with Crippen LogP contribution in [0, 0.1) is 0 Å². The Hall–Kier alpha value is -2.44. The van der Waals surface area contributed by atoms with Gasteiger partial charge in [0.1, 0.15) is 5.69 Å². The maximum atomic E-state index is 12.0. The van der Waals surface area contributed by atoms with Crippen LogP contribution in [0.25, 0.3) is 0 Å². The molecule has 0 saturated carbocycles. The summed E-state index contributed by atoms with van der Waals surface area (Å²) >= 11 is 0. The van der Waals surface area contributed by atoms with Crippen molar-refractivity contribution in [3.8, 4) is 0 Å². The third-order valence-electron chi connectivity index (χ3n) is 2.78. The largest absolute Gasteiger partial charge is 0.304 e. The van der Waals surface area contributed by atoms with Crippen molar-refractivity contribution in [1.82, 2.24) is 19.6 Å². The molecule has 2 aromatic heterocycles. The van der Waals surface area contributed by atoms with Gasteiger partial charge in [-0.15, -0.1) is 0 Å². The van der Waals surface area contributed by atoms with E-state index < -0.39 is 0 Å². The Kier molecular flexibility index (Phi) is 4.29. The average molecular weight is 275 g/mol. The average Bonchev–Trinajstić information content (AvgIpc) is 2.83. The highest BCUT2D eigenvalue weighted by Gasteiger charge is 2.11. The van der Waals surface area contributed by atoms with Crippen LogP contribution in [-0.2, 0) is 13.6 Å². The molecule has 0 atom stereocenters. The molecule has 0 aliphatic heterocycles. The third-order valence-corrected chi connectivity index (χ3v) is 2.78. The molecular formula is C13H17N5O2. The molecule has 20 heavy (non-hydrogen) atoms. The standard InChI is InChI=1S/C13H17N5O2/c1-3-4-8-18-12(19)6-5-10(15-18)13(20)14-11-7-9-17(2)16-11/h5-7,9H,3-4,8H2,1-2H3,(H,14,16,20). The zero-order valence-electron chi connectivity index (χ0n) is 11.5. The highest BCUT2D eigenvalue weighted by molar-refractivity contribution is 6.02. The number of carbonyl (C=O) groups is 1. The Morgan fingerprint density at radius 3 is 2.75 bits per heavy atom. The van der Waals surface area contributed by atoms with Gasteiger partial charge in [-0.2, -0.15) is 10.2 Å². The van der Waals surface area contributed by atoms with Gasteiger partial charge in [-0.25, -0.2) is 4.68 Å². The van der Waals surface area contributed by atoms with Crippen LogP contribution in [0.5, 0.6) is 0 Å². The number of nitrogens with one attached hydrogen (secondary N) is 1. The van der Waals surface area contributed by atoms with Gasteiger partial charge in [-0.1, -0.05) is 13.3 Å². The minimum Gasteiger partial charge on any atom is -0.304 e. The van der Waals surface area contributed by atoms with Gasteiger partial charge in [0.2, 0.25) is 0 Å². The van der Waals surface area contributed by atoms with E-state index in [-0.39, 0.29) is 17.2 Å². The first-order chi connectivity index (χ1) is 9.60. The first-order valence-electron chi connectivity index (χ1n) is 6.49. The second kappa shape index (κ2) is 6.14. The first-order valence-corrected chi connectivity index (χ1v) is 6.49. The minimum atomic E-state index is -0.381. The lowest BCUT2D eigenvalue weighted by molar-refractivity contribution is 0.101. The molecule has 7 heteroatoms. The summed E-state index contributed by atoms with van der Waals surface area (Å²) in [5, 5.41) is 10.8. The van der Waals surface area contributed by atoms with E-state index >= 15 is 0 Å². The van der Waals surface area contributed by atoms with Gasteiger partial charge in [-0.3, -0.25) is 14.3 Å². The van der Waals surface area contributed by atoms with Crippen LogP contribution in [-0.4, -0.2) is 25.5 Å². The molecule has 0 aliphatic rings. The second-order valence-electron chi connectivity index (χ2n) is 4.46. The van der Waals surface area contributed by atoms with E-state index in [4.69, 9.17) is 0 Å². The summed E-state index contributed by atoms with van der Waals surface area (Å²) in [6.45, 7) is 2.54. The molecule has 0 aromatic carbocycles. The molecule has 0 unspecified atom stereocenters. The number of amides is 1. The molecule has 0 spiro atoms. The van der Waals surface area contributed by atoms with Crippen molar-refractivity contribution in [1.29, 1.82) is 0 Å². The third kappa shape index (κ3) is 3.31. The summed E-state index contributed by atoms with van der Waals surface area (Å²) in [5.74, 6) is 0.0690. The van der Waals surface area contributed by atoms with Crippen LogP contribution in [0.1, 0.15) is 30.3 Å². The van der Waals surface area contributed by atoms with E-state index in [0.717, 1.165) is 12.8 Å². The minimum absolute atomic E-state index is 0.200.